The van der Waals surface area contributed by atoms with Crippen molar-refractivity contribution in [3.8, 4) is 5.75 Å². The van der Waals surface area contributed by atoms with Gasteiger partial charge in [0.15, 0.2) is 0 Å². The zero-order valence-corrected chi connectivity index (χ0v) is 14.2. The summed E-state index contributed by atoms with van der Waals surface area (Å²) in [6, 6.07) is 14.6. The van der Waals surface area contributed by atoms with E-state index in [2.05, 4.69) is 10.4 Å². The molecule has 1 amide bonds. The highest BCUT2D eigenvalue weighted by Gasteiger charge is 2.21. The lowest BCUT2D eigenvalue weighted by molar-refractivity contribution is -0.132. The van der Waals surface area contributed by atoms with Crippen LogP contribution in [0.1, 0.15) is 5.56 Å². The summed E-state index contributed by atoms with van der Waals surface area (Å²) in [6.45, 7) is 0.825. The molecule has 0 saturated carbocycles. The van der Waals surface area contributed by atoms with Gasteiger partial charge in [0.25, 0.3) is 5.91 Å². The van der Waals surface area contributed by atoms with Crippen molar-refractivity contribution in [3.63, 3.8) is 0 Å². The van der Waals surface area contributed by atoms with Gasteiger partial charge in [0.1, 0.15) is 24.7 Å². The molecule has 24 heavy (non-hydrogen) atoms. The molecule has 2 aromatic rings. The van der Waals surface area contributed by atoms with E-state index in [0.717, 1.165) is 11.3 Å². The molecule has 7 heteroatoms. The largest absolute Gasteiger partial charge is 0.492 e. The highest BCUT2D eigenvalue weighted by atomic mass is 35.5. The molecular weight excluding hydrogens is 349 g/mol. The van der Waals surface area contributed by atoms with E-state index in [9.17, 15) is 4.79 Å². The molecule has 0 fully saturated rings. The van der Waals surface area contributed by atoms with Crippen LogP contribution in [0.4, 0.5) is 0 Å². The average Bonchev–Trinajstić information content (AvgIpc) is 2.56. The number of amides is 1. The molecule has 0 unspecified atom stereocenters. The number of hydrogen-bond acceptors (Lipinski definition) is 4. The number of carbonyl (C=O) groups excluding carboxylic acids is 1. The molecule has 1 heterocycles. The van der Waals surface area contributed by atoms with Crippen molar-refractivity contribution >= 4 is 34.9 Å². The number of nitrogens with zero attached hydrogens (tertiary/aromatic N) is 2. The van der Waals surface area contributed by atoms with Crippen LogP contribution in [0.2, 0.25) is 10.0 Å². The summed E-state index contributed by atoms with van der Waals surface area (Å²) >= 11 is 12.0. The lowest BCUT2D eigenvalue weighted by atomic mass is 10.2. The molecule has 0 bridgehead atoms. The summed E-state index contributed by atoms with van der Waals surface area (Å²) in [4.78, 5) is 16.2. The molecule has 5 nitrogen and oxygen atoms in total. The van der Waals surface area contributed by atoms with Crippen molar-refractivity contribution in [3.05, 3.63) is 64.1 Å². The van der Waals surface area contributed by atoms with Crippen LogP contribution in [0.25, 0.3) is 0 Å². The van der Waals surface area contributed by atoms with E-state index >= 15 is 0 Å². The van der Waals surface area contributed by atoms with E-state index in [4.69, 9.17) is 27.9 Å². The van der Waals surface area contributed by atoms with Crippen LogP contribution < -0.4 is 10.2 Å². The van der Waals surface area contributed by atoms with E-state index in [-0.39, 0.29) is 12.5 Å². The van der Waals surface area contributed by atoms with Gasteiger partial charge in [-0.1, -0.05) is 41.4 Å². The number of hydrogen-bond donors (Lipinski definition) is 1. The maximum absolute atomic E-state index is 12.0. The van der Waals surface area contributed by atoms with Gasteiger partial charge in [0, 0.05) is 15.6 Å². The Kier molecular flexibility index (Phi) is 5.23. The third-order valence-electron chi connectivity index (χ3n) is 3.38. The summed E-state index contributed by atoms with van der Waals surface area (Å²) in [7, 11) is 0. The first kappa shape index (κ1) is 16.6. The standard InChI is InChI=1S/C17H15Cl2N3O2/c18-13-8-12(9-14(19)10-13)17-20-11-16(23)22(21-17)6-7-24-15-4-2-1-3-5-15/h1-5,8-10H,6-7,11H2,(H,20,21). The monoisotopic (exact) mass is 363 g/mol. The fraction of sp³-hybridized carbons (Fsp3) is 0.176. The van der Waals surface area contributed by atoms with E-state index in [1.54, 1.807) is 18.2 Å². The lowest BCUT2D eigenvalue weighted by Gasteiger charge is -2.28. The zero-order valence-electron chi connectivity index (χ0n) is 12.7. The predicted octanol–water partition coefficient (Wildman–Crippen LogP) is 3.17. The summed E-state index contributed by atoms with van der Waals surface area (Å²) < 4.78 is 5.62. The van der Waals surface area contributed by atoms with Gasteiger partial charge >= 0.3 is 0 Å². The van der Waals surface area contributed by atoms with Crippen molar-refractivity contribution in [2.75, 3.05) is 19.7 Å². The highest BCUT2D eigenvalue weighted by molar-refractivity contribution is 6.35. The molecule has 0 radical (unpaired) electrons. The number of para-hydroxylation sites is 1. The van der Waals surface area contributed by atoms with Gasteiger partial charge in [-0.25, -0.2) is 0 Å². The Bertz CT molecular complexity index is 745. The van der Waals surface area contributed by atoms with Crippen molar-refractivity contribution in [1.82, 2.24) is 10.4 Å². The number of hydrazine groups is 1. The summed E-state index contributed by atoms with van der Waals surface area (Å²) in [5.74, 6) is 1.19. The first-order valence-electron chi connectivity index (χ1n) is 7.37. The molecule has 3 rings (SSSR count). The predicted molar refractivity (Wildman–Crippen MR) is 94.7 cm³/mol. The first-order chi connectivity index (χ1) is 11.6. The van der Waals surface area contributed by atoms with E-state index in [1.807, 2.05) is 30.3 Å². The van der Waals surface area contributed by atoms with Crippen LogP contribution in [0.15, 0.2) is 53.5 Å². The number of nitrogens with one attached hydrogen (secondary N) is 1. The molecule has 1 aliphatic heterocycles. The summed E-state index contributed by atoms with van der Waals surface area (Å²) in [6.07, 6.45) is 0. The van der Waals surface area contributed by atoms with Crippen LogP contribution in [-0.2, 0) is 4.79 Å². The third kappa shape index (κ3) is 4.19. The second-order valence-corrected chi connectivity index (χ2v) is 6.01. The van der Waals surface area contributed by atoms with Gasteiger partial charge < -0.3 is 4.74 Å². The molecule has 124 valence electrons. The molecule has 0 spiro atoms. The SMILES string of the molecule is O=C1CN=C(c2cc(Cl)cc(Cl)c2)NN1CCOc1ccccc1. The van der Waals surface area contributed by atoms with E-state index in [0.29, 0.717) is 29.0 Å². The van der Waals surface area contributed by atoms with Crippen LogP contribution in [0.5, 0.6) is 5.75 Å². The van der Waals surface area contributed by atoms with Crippen molar-refractivity contribution in [2.45, 2.75) is 0 Å². The normalized spacial score (nSPS) is 14.2. The minimum atomic E-state index is -0.122. The fourth-order valence-corrected chi connectivity index (χ4v) is 2.78. The first-order valence-corrected chi connectivity index (χ1v) is 8.13. The number of aliphatic imine (C=N–C) groups is 1. The molecule has 0 aromatic heterocycles. The number of carbonyl (C=O) groups is 1. The second kappa shape index (κ2) is 7.55. The van der Waals surface area contributed by atoms with E-state index < -0.39 is 0 Å². The summed E-state index contributed by atoms with van der Waals surface area (Å²) in [5.41, 5.74) is 3.73. The van der Waals surface area contributed by atoms with Crippen LogP contribution in [0.3, 0.4) is 0 Å². The Balaban J connectivity index is 1.63. The summed E-state index contributed by atoms with van der Waals surface area (Å²) in [5, 5.41) is 2.51. The van der Waals surface area contributed by atoms with E-state index in [1.165, 1.54) is 5.01 Å². The second-order valence-electron chi connectivity index (χ2n) is 5.14. The molecule has 0 atom stereocenters. The lowest BCUT2D eigenvalue weighted by Crippen LogP contribution is -2.52. The number of ether oxygens (including phenoxy) is 1. The Morgan fingerprint density at radius 3 is 2.54 bits per heavy atom. The number of rotatable bonds is 5. The number of benzene rings is 2. The van der Waals surface area contributed by atoms with Crippen LogP contribution in [-0.4, -0.2) is 36.4 Å². The molecular formula is C17H15Cl2N3O2. The zero-order chi connectivity index (χ0) is 16.9. The van der Waals surface area contributed by atoms with Crippen LogP contribution >= 0.6 is 23.2 Å². The third-order valence-corrected chi connectivity index (χ3v) is 3.81. The quantitative estimate of drug-likeness (QED) is 0.887. The van der Waals surface area contributed by atoms with Gasteiger partial charge in [-0.3, -0.25) is 20.2 Å². The van der Waals surface area contributed by atoms with Crippen molar-refractivity contribution < 1.29 is 9.53 Å². The topological polar surface area (TPSA) is 53.9 Å². The Morgan fingerprint density at radius 1 is 1.12 bits per heavy atom. The van der Waals surface area contributed by atoms with Gasteiger partial charge in [0.2, 0.25) is 0 Å². The molecule has 1 N–H and O–H groups in total. The van der Waals surface area contributed by atoms with Gasteiger partial charge in [-0.2, -0.15) is 0 Å². The maximum atomic E-state index is 12.0. The van der Waals surface area contributed by atoms with Gasteiger partial charge in [-0.05, 0) is 30.3 Å². The Morgan fingerprint density at radius 2 is 1.83 bits per heavy atom. The average molecular weight is 364 g/mol. The molecule has 2 aromatic carbocycles. The highest BCUT2D eigenvalue weighted by Crippen LogP contribution is 2.20. The molecule has 1 aliphatic rings. The Hall–Kier alpha value is -2.24. The van der Waals surface area contributed by atoms with Crippen molar-refractivity contribution in [1.29, 1.82) is 0 Å². The Labute approximate surface area is 149 Å². The number of amidine groups is 1. The fourth-order valence-electron chi connectivity index (χ4n) is 2.26. The van der Waals surface area contributed by atoms with Gasteiger partial charge in [-0.15, -0.1) is 0 Å². The molecule has 0 aliphatic carbocycles. The minimum absolute atomic E-state index is 0.0673. The number of halogens is 2. The smallest absolute Gasteiger partial charge is 0.262 e. The van der Waals surface area contributed by atoms with Crippen molar-refractivity contribution in [2.24, 2.45) is 4.99 Å². The van der Waals surface area contributed by atoms with Gasteiger partial charge in [0.05, 0.1) is 6.54 Å². The molecule has 0 saturated heterocycles. The maximum Gasteiger partial charge on any atom is 0.262 e. The van der Waals surface area contributed by atoms with Crippen LogP contribution in [0, 0.1) is 0 Å². The minimum Gasteiger partial charge on any atom is -0.492 e.